The predicted octanol–water partition coefficient (Wildman–Crippen LogP) is 2.24. The molecule has 158 valence electrons. The second-order valence-electron chi connectivity index (χ2n) is 6.87. The van der Waals surface area contributed by atoms with E-state index in [1.165, 1.54) is 0 Å². The summed E-state index contributed by atoms with van der Waals surface area (Å²) in [4.78, 5) is 9.50. The molecular formula is C21H31N5O3. The molecule has 1 saturated heterocycles. The van der Waals surface area contributed by atoms with Crippen LogP contribution < -0.4 is 14.8 Å². The lowest BCUT2D eigenvalue weighted by Gasteiger charge is -2.36. The molecule has 2 aromatic rings. The van der Waals surface area contributed by atoms with E-state index in [4.69, 9.17) is 19.0 Å². The summed E-state index contributed by atoms with van der Waals surface area (Å²) in [5.74, 6) is 2.61. The van der Waals surface area contributed by atoms with Gasteiger partial charge in [0.15, 0.2) is 5.96 Å². The molecule has 0 unspecified atom stereocenters. The van der Waals surface area contributed by atoms with Gasteiger partial charge in [-0.05, 0) is 19.1 Å². The molecular weight excluding hydrogens is 370 g/mol. The van der Waals surface area contributed by atoms with Crippen LogP contribution in [-0.2, 0) is 6.54 Å². The molecule has 8 heteroatoms. The van der Waals surface area contributed by atoms with Crippen LogP contribution in [0.25, 0.3) is 0 Å². The highest BCUT2D eigenvalue weighted by molar-refractivity contribution is 5.80. The van der Waals surface area contributed by atoms with Gasteiger partial charge in [-0.3, -0.25) is 9.89 Å². The number of nitrogens with zero attached hydrogens (tertiary/aromatic N) is 4. The summed E-state index contributed by atoms with van der Waals surface area (Å²) < 4.78 is 15.9. The van der Waals surface area contributed by atoms with Gasteiger partial charge >= 0.3 is 0 Å². The van der Waals surface area contributed by atoms with E-state index in [1.807, 2.05) is 30.3 Å². The molecule has 0 bridgehead atoms. The standard InChI is InChI=1S/C21H31N5O3/c1-3-22-21(23-9-5-14-28-20-7-4-6-19(16-20)27-2)26-12-10-25(11-13-26)17-18-8-15-29-24-18/h4,6-8,15-16H,3,5,9-14,17H2,1-2H3,(H,22,23). The monoisotopic (exact) mass is 401 g/mol. The van der Waals surface area contributed by atoms with Crippen LogP contribution in [0.2, 0.25) is 0 Å². The van der Waals surface area contributed by atoms with Gasteiger partial charge in [-0.15, -0.1) is 0 Å². The second kappa shape index (κ2) is 11.3. The van der Waals surface area contributed by atoms with Gasteiger partial charge in [-0.1, -0.05) is 11.2 Å². The van der Waals surface area contributed by atoms with Gasteiger partial charge in [0.1, 0.15) is 17.8 Å². The fourth-order valence-corrected chi connectivity index (χ4v) is 3.22. The van der Waals surface area contributed by atoms with Crippen molar-refractivity contribution in [1.82, 2.24) is 20.3 Å². The number of rotatable bonds is 9. The van der Waals surface area contributed by atoms with Crippen molar-refractivity contribution in [3.8, 4) is 11.5 Å². The first-order valence-electron chi connectivity index (χ1n) is 10.2. The number of guanidine groups is 1. The summed E-state index contributed by atoms with van der Waals surface area (Å²) >= 11 is 0. The average molecular weight is 402 g/mol. The summed E-state index contributed by atoms with van der Waals surface area (Å²) in [5.41, 5.74) is 0.982. The molecule has 3 rings (SSSR count). The van der Waals surface area contributed by atoms with Crippen molar-refractivity contribution in [1.29, 1.82) is 0 Å². The van der Waals surface area contributed by atoms with Crippen LogP contribution in [0.5, 0.6) is 11.5 Å². The summed E-state index contributed by atoms with van der Waals surface area (Å²) in [7, 11) is 1.66. The minimum absolute atomic E-state index is 0.627. The van der Waals surface area contributed by atoms with Crippen molar-refractivity contribution in [3.63, 3.8) is 0 Å². The number of piperazine rings is 1. The summed E-state index contributed by atoms with van der Waals surface area (Å²) in [6.45, 7) is 9.01. The van der Waals surface area contributed by atoms with Gasteiger partial charge in [0, 0.05) is 64.4 Å². The molecule has 1 N–H and O–H groups in total. The van der Waals surface area contributed by atoms with Crippen LogP contribution in [0.1, 0.15) is 19.0 Å². The minimum Gasteiger partial charge on any atom is -0.497 e. The molecule has 0 amide bonds. The zero-order valence-corrected chi connectivity index (χ0v) is 17.3. The fraction of sp³-hybridized carbons (Fsp3) is 0.524. The largest absolute Gasteiger partial charge is 0.497 e. The van der Waals surface area contributed by atoms with Gasteiger partial charge in [0.25, 0.3) is 0 Å². The van der Waals surface area contributed by atoms with Gasteiger partial charge in [0.2, 0.25) is 0 Å². The first kappa shape index (κ1) is 21.0. The van der Waals surface area contributed by atoms with E-state index in [1.54, 1.807) is 13.4 Å². The molecule has 1 aliphatic heterocycles. The van der Waals surface area contributed by atoms with Crippen LogP contribution >= 0.6 is 0 Å². The Hall–Kier alpha value is -2.74. The molecule has 1 aromatic carbocycles. The SMILES string of the molecule is CCNC(=NCCCOc1cccc(OC)c1)N1CCN(Cc2ccon2)CC1. The Morgan fingerprint density at radius 3 is 2.76 bits per heavy atom. The van der Waals surface area contributed by atoms with Gasteiger partial charge < -0.3 is 24.2 Å². The summed E-state index contributed by atoms with van der Waals surface area (Å²) in [5, 5.41) is 7.41. The van der Waals surface area contributed by atoms with E-state index in [0.717, 1.165) is 75.4 Å². The zero-order valence-electron chi connectivity index (χ0n) is 17.3. The van der Waals surface area contributed by atoms with E-state index in [0.29, 0.717) is 6.61 Å². The topological polar surface area (TPSA) is 75.4 Å². The van der Waals surface area contributed by atoms with Gasteiger partial charge in [-0.25, -0.2) is 0 Å². The fourth-order valence-electron chi connectivity index (χ4n) is 3.22. The summed E-state index contributed by atoms with van der Waals surface area (Å²) in [6, 6.07) is 9.59. The predicted molar refractivity (Wildman–Crippen MR) is 112 cm³/mol. The quantitative estimate of drug-likeness (QED) is 0.392. The maximum Gasteiger partial charge on any atom is 0.194 e. The zero-order chi connectivity index (χ0) is 20.3. The van der Waals surface area contributed by atoms with Crippen LogP contribution in [0.15, 0.2) is 46.1 Å². The molecule has 0 saturated carbocycles. The average Bonchev–Trinajstić information content (AvgIpc) is 3.26. The van der Waals surface area contributed by atoms with Crippen molar-refractivity contribution >= 4 is 5.96 Å². The molecule has 0 atom stereocenters. The van der Waals surface area contributed by atoms with Gasteiger partial charge in [-0.2, -0.15) is 0 Å². The lowest BCUT2D eigenvalue weighted by molar-refractivity contribution is 0.169. The number of benzene rings is 1. The van der Waals surface area contributed by atoms with E-state index in [-0.39, 0.29) is 0 Å². The van der Waals surface area contributed by atoms with Crippen molar-refractivity contribution in [2.75, 3.05) is 53.0 Å². The number of ether oxygens (including phenoxy) is 2. The molecule has 29 heavy (non-hydrogen) atoms. The van der Waals surface area contributed by atoms with Crippen LogP contribution in [0.4, 0.5) is 0 Å². The Morgan fingerprint density at radius 1 is 1.21 bits per heavy atom. The Kier molecular flexibility index (Phi) is 8.18. The number of methoxy groups -OCH3 is 1. The van der Waals surface area contributed by atoms with Crippen molar-refractivity contribution < 1.29 is 14.0 Å². The second-order valence-corrected chi connectivity index (χ2v) is 6.87. The molecule has 1 fully saturated rings. The Balaban J connectivity index is 1.41. The van der Waals surface area contributed by atoms with Crippen molar-refractivity contribution in [2.24, 2.45) is 4.99 Å². The maximum absolute atomic E-state index is 5.80. The third-order valence-electron chi connectivity index (χ3n) is 4.76. The Morgan fingerprint density at radius 2 is 2.03 bits per heavy atom. The molecule has 8 nitrogen and oxygen atoms in total. The number of aliphatic imine (C=N–C) groups is 1. The molecule has 2 heterocycles. The van der Waals surface area contributed by atoms with Crippen molar-refractivity contribution in [3.05, 3.63) is 42.3 Å². The normalized spacial score (nSPS) is 15.4. The molecule has 1 aromatic heterocycles. The summed E-state index contributed by atoms with van der Waals surface area (Å²) in [6.07, 6.45) is 2.48. The highest BCUT2D eigenvalue weighted by Gasteiger charge is 2.20. The van der Waals surface area contributed by atoms with E-state index >= 15 is 0 Å². The molecule has 1 aliphatic rings. The Bertz CT molecular complexity index is 743. The maximum atomic E-state index is 5.80. The first-order chi connectivity index (χ1) is 14.3. The minimum atomic E-state index is 0.627. The molecule has 0 spiro atoms. The number of nitrogens with one attached hydrogen (secondary N) is 1. The third kappa shape index (κ3) is 6.67. The lowest BCUT2D eigenvalue weighted by Crippen LogP contribution is -2.52. The van der Waals surface area contributed by atoms with E-state index in [2.05, 4.69) is 27.2 Å². The van der Waals surface area contributed by atoms with Crippen LogP contribution in [0, 0.1) is 0 Å². The van der Waals surface area contributed by atoms with Crippen LogP contribution in [0.3, 0.4) is 0 Å². The third-order valence-corrected chi connectivity index (χ3v) is 4.76. The number of hydrogen-bond donors (Lipinski definition) is 1. The highest BCUT2D eigenvalue weighted by atomic mass is 16.5. The number of hydrogen-bond acceptors (Lipinski definition) is 6. The van der Waals surface area contributed by atoms with E-state index in [9.17, 15) is 0 Å². The highest BCUT2D eigenvalue weighted by Crippen LogP contribution is 2.18. The Labute approximate surface area is 172 Å². The number of aromatic nitrogens is 1. The lowest BCUT2D eigenvalue weighted by atomic mass is 10.3. The van der Waals surface area contributed by atoms with Crippen LogP contribution in [-0.4, -0.2) is 73.9 Å². The molecule has 0 radical (unpaired) electrons. The van der Waals surface area contributed by atoms with Gasteiger partial charge in [0.05, 0.1) is 19.4 Å². The smallest absolute Gasteiger partial charge is 0.194 e. The molecule has 0 aliphatic carbocycles. The van der Waals surface area contributed by atoms with E-state index < -0.39 is 0 Å². The first-order valence-corrected chi connectivity index (χ1v) is 10.2. The van der Waals surface area contributed by atoms with Crippen molar-refractivity contribution in [2.45, 2.75) is 19.9 Å².